The van der Waals surface area contributed by atoms with Gasteiger partial charge in [-0.3, -0.25) is 4.79 Å². The predicted octanol–water partition coefficient (Wildman–Crippen LogP) is 2.20. The molecule has 0 unspecified atom stereocenters. The third-order valence-corrected chi connectivity index (χ3v) is 3.24. The maximum atomic E-state index is 11.6. The molecule has 4 nitrogen and oxygen atoms in total. The van der Waals surface area contributed by atoms with Crippen LogP contribution in [0, 0.1) is 5.92 Å². The number of carbonyl (C=O) groups excluding carboxylic acids is 1. The fourth-order valence-electron chi connectivity index (χ4n) is 1.85. The van der Waals surface area contributed by atoms with Crippen LogP contribution in [0.5, 0.6) is 0 Å². The van der Waals surface area contributed by atoms with Crippen molar-refractivity contribution < 1.29 is 4.79 Å². The Bertz CT molecular complexity index is 533. The second-order valence-electron chi connectivity index (χ2n) is 4.53. The first kappa shape index (κ1) is 12.6. The van der Waals surface area contributed by atoms with Crippen molar-refractivity contribution in [2.75, 3.05) is 6.54 Å². The summed E-state index contributed by atoms with van der Waals surface area (Å²) in [5, 5.41) is 2.95. The number of carbonyl (C=O) groups is 1. The fourth-order valence-corrected chi connectivity index (χ4v) is 1.85. The van der Waals surface area contributed by atoms with Crippen LogP contribution in [0.3, 0.4) is 0 Å². The highest BCUT2D eigenvalue weighted by Gasteiger charge is 2.09. The van der Waals surface area contributed by atoms with Crippen LogP contribution >= 0.6 is 0 Å². The number of rotatable bonds is 5. The van der Waals surface area contributed by atoms with Gasteiger partial charge in [0.05, 0.1) is 17.4 Å². The quantitative estimate of drug-likeness (QED) is 0.877. The van der Waals surface area contributed by atoms with Crippen molar-refractivity contribution in [3.63, 3.8) is 0 Å². The molecule has 0 radical (unpaired) electrons. The van der Waals surface area contributed by atoms with E-state index in [4.69, 9.17) is 0 Å². The van der Waals surface area contributed by atoms with Gasteiger partial charge in [-0.2, -0.15) is 0 Å². The fraction of sp³-hybridized carbons (Fsp3) is 0.429. The summed E-state index contributed by atoms with van der Waals surface area (Å²) in [6.45, 7) is 5.36. The zero-order chi connectivity index (χ0) is 13.0. The van der Waals surface area contributed by atoms with Crippen LogP contribution in [-0.4, -0.2) is 22.0 Å². The van der Waals surface area contributed by atoms with Crippen LogP contribution in [-0.2, 0) is 11.3 Å². The minimum absolute atomic E-state index is 0.0875. The van der Waals surface area contributed by atoms with Crippen molar-refractivity contribution in [1.29, 1.82) is 0 Å². The predicted molar refractivity (Wildman–Crippen MR) is 72.2 cm³/mol. The number of nitrogens with one attached hydrogen (secondary N) is 1. The van der Waals surface area contributed by atoms with E-state index in [0.29, 0.717) is 6.54 Å². The first-order valence-corrected chi connectivity index (χ1v) is 6.40. The summed E-state index contributed by atoms with van der Waals surface area (Å²) in [6, 6.07) is 8.00. The smallest absolute Gasteiger partial charge is 0.222 e. The van der Waals surface area contributed by atoms with E-state index in [1.165, 1.54) is 0 Å². The van der Waals surface area contributed by atoms with Gasteiger partial charge < -0.3 is 9.88 Å². The monoisotopic (exact) mass is 245 g/mol. The van der Waals surface area contributed by atoms with E-state index in [9.17, 15) is 4.79 Å². The maximum absolute atomic E-state index is 11.6. The number of nitrogens with zero attached hydrogens (tertiary/aromatic N) is 2. The van der Waals surface area contributed by atoms with Crippen LogP contribution in [0.1, 0.15) is 20.3 Å². The first-order chi connectivity index (χ1) is 8.72. The van der Waals surface area contributed by atoms with Crippen molar-refractivity contribution in [1.82, 2.24) is 14.9 Å². The van der Waals surface area contributed by atoms with E-state index in [1.807, 2.05) is 44.4 Å². The van der Waals surface area contributed by atoms with Gasteiger partial charge in [-0.05, 0) is 18.6 Å². The molecule has 2 aromatic rings. The molecule has 0 aliphatic heterocycles. The van der Waals surface area contributed by atoms with E-state index < -0.39 is 0 Å². The zero-order valence-corrected chi connectivity index (χ0v) is 10.9. The van der Waals surface area contributed by atoms with Gasteiger partial charge in [0, 0.05) is 19.0 Å². The topological polar surface area (TPSA) is 46.9 Å². The summed E-state index contributed by atoms with van der Waals surface area (Å²) < 4.78 is 2.06. The molecule has 0 saturated carbocycles. The number of imidazole rings is 1. The Hall–Kier alpha value is -1.84. The number of hydrogen-bond donors (Lipinski definition) is 1. The molecule has 1 atom stereocenters. The van der Waals surface area contributed by atoms with Gasteiger partial charge in [0.2, 0.25) is 5.91 Å². The average molecular weight is 245 g/mol. The van der Waals surface area contributed by atoms with Crippen molar-refractivity contribution in [3.05, 3.63) is 30.6 Å². The molecule has 1 aromatic carbocycles. The Morgan fingerprint density at radius 3 is 3.00 bits per heavy atom. The molecule has 0 fully saturated rings. The van der Waals surface area contributed by atoms with Gasteiger partial charge in [-0.15, -0.1) is 0 Å². The lowest BCUT2D eigenvalue weighted by atomic mass is 10.1. The standard InChI is InChI=1S/C14H19N3O/c1-3-11(2)14(18)15-8-9-17-10-16-12-6-4-5-7-13(12)17/h4-7,10-11H,3,8-9H2,1-2H3,(H,15,18)/t11-/m1/s1. The molecule has 0 aliphatic carbocycles. The molecule has 0 spiro atoms. The lowest BCUT2D eigenvalue weighted by Gasteiger charge is -2.10. The van der Waals surface area contributed by atoms with Gasteiger partial charge in [-0.25, -0.2) is 4.98 Å². The molecule has 18 heavy (non-hydrogen) atoms. The van der Waals surface area contributed by atoms with Gasteiger partial charge in [0.15, 0.2) is 0 Å². The van der Waals surface area contributed by atoms with Crippen molar-refractivity contribution in [2.45, 2.75) is 26.8 Å². The van der Waals surface area contributed by atoms with Crippen LogP contribution in [0.15, 0.2) is 30.6 Å². The van der Waals surface area contributed by atoms with Gasteiger partial charge in [-0.1, -0.05) is 26.0 Å². The number of benzene rings is 1. The van der Waals surface area contributed by atoms with Gasteiger partial charge in [0.25, 0.3) is 0 Å². The molecule has 2 rings (SSSR count). The SMILES string of the molecule is CC[C@@H](C)C(=O)NCCn1cnc2ccccc21. The normalized spacial score (nSPS) is 12.6. The molecule has 96 valence electrons. The Labute approximate surface area is 107 Å². The summed E-state index contributed by atoms with van der Waals surface area (Å²) in [5.41, 5.74) is 2.10. The van der Waals surface area contributed by atoms with Crippen molar-refractivity contribution in [2.24, 2.45) is 5.92 Å². The van der Waals surface area contributed by atoms with E-state index >= 15 is 0 Å². The first-order valence-electron chi connectivity index (χ1n) is 6.40. The van der Waals surface area contributed by atoms with Crippen LogP contribution in [0.2, 0.25) is 0 Å². The lowest BCUT2D eigenvalue weighted by Crippen LogP contribution is -2.31. The summed E-state index contributed by atoms with van der Waals surface area (Å²) in [6.07, 6.45) is 2.69. The second-order valence-corrected chi connectivity index (χ2v) is 4.53. The van der Waals surface area contributed by atoms with Crippen molar-refractivity contribution in [3.8, 4) is 0 Å². The van der Waals surface area contributed by atoms with E-state index in [1.54, 1.807) is 0 Å². The molecule has 0 aliphatic rings. The minimum atomic E-state index is 0.0875. The summed E-state index contributed by atoms with van der Waals surface area (Å²) in [7, 11) is 0. The highest BCUT2D eigenvalue weighted by atomic mass is 16.1. The van der Waals surface area contributed by atoms with Gasteiger partial charge in [0.1, 0.15) is 0 Å². The maximum Gasteiger partial charge on any atom is 0.222 e. The van der Waals surface area contributed by atoms with Crippen LogP contribution in [0.4, 0.5) is 0 Å². The third kappa shape index (κ3) is 2.70. The number of hydrogen-bond acceptors (Lipinski definition) is 2. The summed E-state index contributed by atoms with van der Waals surface area (Å²) >= 11 is 0. The Morgan fingerprint density at radius 1 is 1.44 bits per heavy atom. The van der Waals surface area contributed by atoms with Crippen LogP contribution < -0.4 is 5.32 Å². The third-order valence-electron chi connectivity index (χ3n) is 3.24. The Kier molecular flexibility index (Phi) is 3.97. The molecular weight excluding hydrogens is 226 g/mol. The zero-order valence-electron chi connectivity index (χ0n) is 10.9. The minimum Gasteiger partial charge on any atom is -0.354 e. The molecule has 1 aromatic heterocycles. The molecule has 0 saturated heterocycles. The van der Waals surface area contributed by atoms with Crippen LogP contribution in [0.25, 0.3) is 11.0 Å². The van der Waals surface area contributed by atoms with Crippen molar-refractivity contribution >= 4 is 16.9 Å². The molecule has 1 amide bonds. The Morgan fingerprint density at radius 2 is 2.22 bits per heavy atom. The molecule has 1 N–H and O–H groups in total. The molecule has 0 bridgehead atoms. The number of fused-ring (bicyclic) bond motifs is 1. The molecule has 4 heteroatoms. The largest absolute Gasteiger partial charge is 0.354 e. The lowest BCUT2D eigenvalue weighted by molar-refractivity contribution is -0.124. The van der Waals surface area contributed by atoms with E-state index in [2.05, 4.69) is 14.9 Å². The number of aromatic nitrogens is 2. The van der Waals surface area contributed by atoms with Gasteiger partial charge >= 0.3 is 0 Å². The highest BCUT2D eigenvalue weighted by molar-refractivity contribution is 5.78. The van der Waals surface area contributed by atoms with E-state index in [-0.39, 0.29) is 11.8 Å². The Balaban J connectivity index is 1.93. The summed E-state index contributed by atoms with van der Waals surface area (Å²) in [5.74, 6) is 0.214. The number of para-hydroxylation sites is 2. The number of amides is 1. The van der Waals surface area contributed by atoms with E-state index in [0.717, 1.165) is 24.0 Å². The second kappa shape index (κ2) is 5.67. The highest BCUT2D eigenvalue weighted by Crippen LogP contribution is 2.11. The molecular formula is C14H19N3O. The summed E-state index contributed by atoms with van der Waals surface area (Å²) in [4.78, 5) is 15.9. The average Bonchev–Trinajstić information content (AvgIpc) is 2.81. The molecule has 1 heterocycles.